The van der Waals surface area contributed by atoms with Crippen molar-refractivity contribution in [3.05, 3.63) is 60.7 Å². The Hall–Kier alpha value is -0.588. The van der Waals surface area contributed by atoms with E-state index in [1.807, 2.05) is 60.7 Å². The van der Waals surface area contributed by atoms with Crippen LogP contribution in [0.5, 0.6) is 0 Å². The van der Waals surface area contributed by atoms with E-state index in [9.17, 15) is 0 Å². The third-order valence-corrected chi connectivity index (χ3v) is 2.03. The van der Waals surface area contributed by atoms with Gasteiger partial charge in [-0.25, -0.2) is 0 Å². The Kier molecular flexibility index (Phi) is 8.36. The van der Waals surface area contributed by atoms with E-state index in [0.717, 1.165) is 9.79 Å². The summed E-state index contributed by atoms with van der Waals surface area (Å²) in [5, 5.41) is 0. The van der Waals surface area contributed by atoms with E-state index in [-0.39, 0.29) is 18.8 Å². The Morgan fingerprint density at radius 3 is 1.00 bits per heavy atom. The molecule has 0 aromatic heterocycles. The van der Waals surface area contributed by atoms with Crippen molar-refractivity contribution >= 4 is 42.6 Å². The summed E-state index contributed by atoms with van der Waals surface area (Å²) >= 11 is 9.62. The van der Waals surface area contributed by atoms with Crippen LogP contribution in [-0.4, -0.2) is 17.4 Å². The summed E-state index contributed by atoms with van der Waals surface area (Å²) in [6.07, 6.45) is 0. The SMILES string of the molecule is [Al+3].[H-].[S-]c1ccccc1.[S-]c1ccccc1. The van der Waals surface area contributed by atoms with E-state index in [0.29, 0.717) is 0 Å². The van der Waals surface area contributed by atoms with Gasteiger partial charge < -0.3 is 26.7 Å². The first kappa shape index (κ1) is 14.4. The number of hydrogen-bond acceptors (Lipinski definition) is 2. The van der Waals surface area contributed by atoms with Crippen LogP contribution in [0.3, 0.4) is 0 Å². The van der Waals surface area contributed by atoms with Crippen molar-refractivity contribution in [2.75, 3.05) is 0 Å². The fraction of sp³-hybridized carbons (Fsp3) is 0. The third kappa shape index (κ3) is 7.35. The van der Waals surface area contributed by atoms with Gasteiger partial charge in [0.2, 0.25) is 0 Å². The first-order valence-electron chi connectivity index (χ1n) is 4.23. The van der Waals surface area contributed by atoms with Gasteiger partial charge in [0.05, 0.1) is 0 Å². The van der Waals surface area contributed by atoms with Gasteiger partial charge in [-0.3, -0.25) is 0 Å². The smallest absolute Gasteiger partial charge is 1.00 e. The summed E-state index contributed by atoms with van der Waals surface area (Å²) in [5.41, 5.74) is 0. The predicted octanol–water partition coefficient (Wildman–Crippen LogP) is 2.92. The van der Waals surface area contributed by atoms with Crippen LogP contribution in [0.4, 0.5) is 0 Å². The maximum absolute atomic E-state index is 4.81. The maximum atomic E-state index is 4.81. The zero-order chi connectivity index (χ0) is 10.2. The van der Waals surface area contributed by atoms with Crippen molar-refractivity contribution in [2.45, 2.75) is 9.79 Å². The van der Waals surface area contributed by atoms with Crippen LogP contribution in [0, 0.1) is 0 Å². The normalized spacial score (nSPS) is 8.00. The van der Waals surface area contributed by atoms with Crippen molar-refractivity contribution in [3.63, 3.8) is 0 Å². The molecule has 0 saturated heterocycles. The van der Waals surface area contributed by atoms with Gasteiger partial charge in [0, 0.05) is 0 Å². The number of hydrogen-bond donors (Lipinski definition) is 0. The maximum Gasteiger partial charge on any atom is 3.00 e. The molecule has 2 aromatic carbocycles. The van der Waals surface area contributed by atoms with Crippen LogP contribution in [0.1, 0.15) is 1.43 Å². The molecule has 74 valence electrons. The second kappa shape index (κ2) is 8.70. The summed E-state index contributed by atoms with van der Waals surface area (Å²) in [6, 6.07) is 19.2. The van der Waals surface area contributed by atoms with Crippen molar-refractivity contribution in [2.24, 2.45) is 0 Å². The van der Waals surface area contributed by atoms with Gasteiger partial charge in [-0.05, 0) is 0 Å². The van der Waals surface area contributed by atoms with Gasteiger partial charge in [0.1, 0.15) is 0 Å². The van der Waals surface area contributed by atoms with E-state index in [4.69, 9.17) is 25.3 Å². The zero-order valence-corrected chi connectivity index (χ0v) is 11.0. The molecule has 0 aliphatic heterocycles. The first-order chi connectivity index (χ1) is 6.79. The molecule has 0 N–H and O–H groups in total. The molecule has 0 radical (unpaired) electrons. The molecule has 3 heteroatoms. The van der Waals surface area contributed by atoms with Gasteiger partial charge >= 0.3 is 17.4 Å². The van der Waals surface area contributed by atoms with Crippen molar-refractivity contribution in [1.82, 2.24) is 0 Å². The molecular weight excluding hydrogens is 235 g/mol. The molecule has 0 aliphatic carbocycles. The van der Waals surface area contributed by atoms with E-state index >= 15 is 0 Å². The fourth-order valence-electron chi connectivity index (χ4n) is 0.841. The molecule has 0 unspecified atom stereocenters. The van der Waals surface area contributed by atoms with Crippen molar-refractivity contribution in [3.8, 4) is 0 Å². The van der Waals surface area contributed by atoms with Crippen LogP contribution in [-0.2, 0) is 25.3 Å². The minimum atomic E-state index is 0. The monoisotopic (exact) mass is 246 g/mol. The second-order valence-electron chi connectivity index (χ2n) is 2.63. The Morgan fingerprint density at radius 2 is 0.867 bits per heavy atom. The summed E-state index contributed by atoms with van der Waals surface area (Å²) in [5.74, 6) is 0. The van der Waals surface area contributed by atoms with Crippen LogP contribution >= 0.6 is 0 Å². The molecule has 0 nitrogen and oxygen atoms in total. The first-order valence-corrected chi connectivity index (χ1v) is 5.05. The van der Waals surface area contributed by atoms with Gasteiger partial charge in [-0.1, -0.05) is 60.7 Å². The minimum Gasteiger partial charge on any atom is -1.00 e. The Labute approximate surface area is 114 Å². The van der Waals surface area contributed by atoms with Crippen LogP contribution in [0.15, 0.2) is 70.5 Å². The van der Waals surface area contributed by atoms with Crippen LogP contribution < -0.4 is 0 Å². The van der Waals surface area contributed by atoms with Crippen molar-refractivity contribution < 1.29 is 1.43 Å². The largest absolute Gasteiger partial charge is 3.00 e. The van der Waals surface area contributed by atoms with Crippen molar-refractivity contribution in [1.29, 1.82) is 0 Å². The number of rotatable bonds is 0. The molecular formula is C12H11AlS2. The van der Waals surface area contributed by atoms with Gasteiger partial charge in [0.25, 0.3) is 0 Å². The van der Waals surface area contributed by atoms with Gasteiger partial charge in [-0.15, -0.1) is 0 Å². The average molecular weight is 246 g/mol. The van der Waals surface area contributed by atoms with E-state index in [1.165, 1.54) is 0 Å². The van der Waals surface area contributed by atoms with Gasteiger partial charge in [0.15, 0.2) is 0 Å². The second-order valence-corrected chi connectivity index (χ2v) is 3.57. The molecule has 0 heterocycles. The molecule has 0 spiro atoms. The Morgan fingerprint density at radius 1 is 0.600 bits per heavy atom. The average Bonchev–Trinajstić information content (AvgIpc) is 2.21. The summed E-state index contributed by atoms with van der Waals surface area (Å²) < 4.78 is 0. The number of benzene rings is 2. The molecule has 0 amide bonds. The summed E-state index contributed by atoms with van der Waals surface area (Å²) in [6.45, 7) is 0. The predicted molar refractivity (Wildman–Crippen MR) is 71.0 cm³/mol. The zero-order valence-electron chi connectivity index (χ0n) is 9.17. The summed E-state index contributed by atoms with van der Waals surface area (Å²) in [7, 11) is 0. The van der Waals surface area contributed by atoms with Crippen LogP contribution in [0.2, 0.25) is 0 Å². The third-order valence-electron chi connectivity index (χ3n) is 1.49. The van der Waals surface area contributed by atoms with Crippen LogP contribution in [0.25, 0.3) is 0 Å². The van der Waals surface area contributed by atoms with E-state index < -0.39 is 0 Å². The molecule has 0 bridgehead atoms. The Balaban J connectivity index is 0. The molecule has 2 rings (SSSR count). The molecule has 2 aromatic rings. The minimum absolute atomic E-state index is 0. The molecule has 0 atom stereocenters. The topological polar surface area (TPSA) is 0 Å². The molecule has 15 heavy (non-hydrogen) atoms. The molecule has 0 aliphatic rings. The summed E-state index contributed by atoms with van der Waals surface area (Å²) in [4.78, 5) is 1.81. The van der Waals surface area contributed by atoms with E-state index in [1.54, 1.807) is 0 Å². The molecule has 0 fully saturated rings. The fourth-order valence-corrected chi connectivity index (χ4v) is 1.16. The Bertz CT molecular complexity index is 316. The van der Waals surface area contributed by atoms with Gasteiger partial charge in [-0.2, -0.15) is 9.79 Å². The standard InChI is InChI=1S/2C6H6S.Al.H/c2*7-6-4-2-1-3-5-6;;/h2*1-5,7H;;/q;;+3;-1/p-2. The van der Waals surface area contributed by atoms with E-state index in [2.05, 4.69) is 0 Å². The quantitative estimate of drug-likeness (QED) is 0.518. The molecule has 0 saturated carbocycles.